The van der Waals surface area contributed by atoms with Gasteiger partial charge in [-0.2, -0.15) is 0 Å². The number of nitrogens with zero attached hydrogens (tertiary/aromatic N) is 2. The largest absolute Gasteiger partial charge is 0.325 e. The number of carbonyl (C=O) groups is 1. The molecule has 2 atom stereocenters. The molecule has 1 aliphatic rings. The second kappa shape index (κ2) is 10.3. The topological polar surface area (TPSA) is 35.6 Å². The van der Waals surface area contributed by atoms with Gasteiger partial charge in [0, 0.05) is 26.2 Å². The molecule has 0 radical (unpaired) electrons. The molecular weight excluding hydrogens is 298 g/mol. The molecular formula is C20H41N3O. The van der Waals surface area contributed by atoms with Crippen molar-refractivity contribution < 1.29 is 4.79 Å². The van der Waals surface area contributed by atoms with Crippen molar-refractivity contribution >= 4 is 6.03 Å². The lowest BCUT2D eigenvalue weighted by Gasteiger charge is -2.40. The SMILES string of the molecule is CCC(C)CCN(CC(C)(C)C(C)CNC)C(=O)N1CCCCC1. The summed E-state index contributed by atoms with van der Waals surface area (Å²) in [4.78, 5) is 17.3. The van der Waals surface area contributed by atoms with Gasteiger partial charge in [-0.1, -0.05) is 41.0 Å². The molecule has 0 spiro atoms. The van der Waals surface area contributed by atoms with Gasteiger partial charge in [0.15, 0.2) is 0 Å². The van der Waals surface area contributed by atoms with Crippen LogP contribution in [-0.2, 0) is 0 Å². The Kier molecular flexibility index (Phi) is 9.11. The third-order valence-electron chi connectivity index (χ3n) is 5.93. The van der Waals surface area contributed by atoms with Crippen molar-refractivity contribution in [1.29, 1.82) is 0 Å². The zero-order chi connectivity index (χ0) is 18.2. The van der Waals surface area contributed by atoms with Crippen molar-refractivity contribution in [3.8, 4) is 0 Å². The minimum atomic E-state index is 0.115. The first kappa shape index (κ1) is 21.3. The summed E-state index contributed by atoms with van der Waals surface area (Å²) >= 11 is 0. The lowest BCUT2D eigenvalue weighted by Crippen LogP contribution is -2.50. The van der Waals surface area contributed by atoms with Gasteiger partial charge in [-0.25, -0.2) is 4.79 Å². The van der Waals surface area contributed by atoms with Crippen LogP contribution < -0.4 is 5.32 Å². The molecule has 2 unspecified atom stereocenters. The van der Waals surface area contributed by atoms with E-state index in [-0.39, 0.29) is 11.4 Å². The molecule has 0 bridgehead atoms. The van der Waals surface area contributed by atoms with E-state index in [1.807, 2.05) is 7.05 Å². The summed E-state index contributed by atoms with van der Waals surface area (Å²) < 4.78 is 0. The van der Waals surface area contributed by atoms with Crippen molar-refractivity contribution in [3.63, 3.8) is 0 Å². The molecule has 0 aromatic rings. The van der Waals surface area contributed by atoms with Crippen molar-refractivity contribution in [2.24, 2.45) is 17.3 Å². The molecule has 0 aromatic carbocycles. The van der Waals surface area contributed by atoms with E-state index in [4.69, 9.17) is 0 Å². The van der Waals surface area contributed by atoms with Crippen LogP contribution in [0.4, 0.5) is 4.79 Å². The smallest absolute Gasteiger partial charge is 0.320 e. The first-order chi connectivity index (χ1) is 11.3. The van der Waals surface area contributed by atoms with Crippen LogP contribution in [0.5, 0.6) is 0 Å². The van der Waals surface area contributed by atoms with E-state index in [0.29, 0.717) is 11.8 Å². The second-order valence-corrected chi connectivity index (χ2v) is 8.50. The maximum Gasteiger partial charge on any atom is 0.320 e. The standard InChI is InChI=1S/C20H41N3O/c1-7-17(2)11-14-23(16-20(4,5)18(3)15-21-6)19(24)22-12-9-8-10-13-22/h17-18,21H,7-16H2,1-6H3. The Labute approximate surface area is 150 Å². The summed E-state index contributed by atoms with van der Waals surface area (Å²) in [6.07, 6.45) is 5.87. The van der Waals surface area contributed by atoms with Gasteiger partial charge in [0.2, 0.25) is 0 Å². The molecule has 1 rings (SSSR count). The first-order valence-electron chi connectivity index (χ1n) is 10.00. The number of piperidine rings is 1. The molecule has 0 saturated carbocycles. The van der Waals surface area contributed by atoms with Crippen molar-refractivity contribution in [3.05, 3.63) is 0 Å². The number of hydrogen-bond acceptors (Lipinski definition) is 2. The van der Waals surface area contributed by atoms with Crippen molar-refractivity contribution in [2.75, 3.05) is 39.8 Å². The van der Waals surface area contributed by atoms with E-state index < -0.39 is 0 Å². The van der Waals surface area contributed by atoms with Crippen LogP contribution in [-0.4, -0.2) is 55.6 Å². The van der Waals surface area contributed by atoms with Gasteiger partial charge in [-0.3, -0.25) is 0 Å². The average Bonchev–Trinajstić information content (AvgIpc) is 2.58. The molecule has 0 aliphatic carbocycles. The van der Waals surface area contributed by atoms with Crippen LogP contribution in [0, 0.1) is 17.3 Å². The van der Waals surface area contributed by atoms with Gasteiger partial charge in [0.25, 0.3) is 0 Å². The zero-order valence-corrected chi connectivity index (χ0v) is 17.0. The highest BCUT2D eigenvalue weighted by Gasteiger charge is 2.32. The van der Waals surface area contributed by atoms with Crippen LogP contribution in [0.2, 0.25) is 0 Å². The maximum absolute atomic E-state index is 13.1. The molecule has 1 fully saturated rings. The monoisotopic (exact) mass is 339 g/mol. The van der Waals surface area contributed by atoms with Gasteiger partial charge in [0.05, 0.1) is 0 Å². The third-order valence-corrected chi connectivity index (χ3v) is 5.93. The number of amides is 2. The lowest BCUT2D eigenvalue weighted by molar-refractivity contribution is 0.101. The van der Waals surface area contributed by atoms with Crippen LogP contribution in [0.1, 0.15) is 66.7 Å². The number of carbonyl (C=O) groups excluding carboxylic acids is 1. The molecule has 1 heterocycles. The van der Waals surface area contributed by atoms with E-state index in [2.05, 4.69) is 49.7 Å². The van der Waals surface area contributed by atoms with Gasteiger partial charge in [-0.05, 0) is 56.5 Å². The summed E-state index contributed by atoms with van der Waals surface area (Å²) in [5.74, 6) is 1.21. The molecule has 4 heteroatoms. The maximum atomic E-state index is 13.1. The van der Waals surface area contributed by atoms with Gasteiger partial charge >= 0.3 is 6.03 Å². The highest BCUT2D eigenvalue weighted by molar-refractivity contribution is 5.74. The number of urea groups is 1. The van der Waals surface area contributed by atoms with Gasteiger partial charge in [0.1, 0.15) is 0 Å². The second-order valence-electron chi connectivity index (χ2n) is 8.50. The Morgan fingerprint density at radius 3 is 2.38 bits per heavy atom. The Balaban J connectivity index is 2.77. The van der Waals surface area contributed by atoms with Crippen molar-refractivity contribution in [1.82, 2.24) is 15.1 Å². The van der Waals surface area contributed by atoms with E-state index >= 15 is 0 Å². The fraction of sp³-hybridized carbons (Fsp3) is 0.950. The van der Waals surface area contributed by atoms with Gasteiger partial charge in [-0.15, -0.1) is 0 Å². The predicted molar refractivity (Wildman–Crippen MR) is 103 cm³/mol. The van der Waals surface area contributed by atoms with E-state index in [1.54, 1.807) is 0 Å². The zero-order valence-electron chi connectivity index (χ0n) is 17.0. The number of rotatable bonds is 9. The summed E-state index contributed by atoms with van der Waals surface area (Å²) in [6.45, 7) is 16.0. The highest BCUT2D eigenvalue weighted by atomic mass is 16.2. The molecule has 1 aliphatic heterocycles. The summed E-state index contributed by atoms with van der Waals surface area (Å²) in [7, 11) is 2.01. The average molecular weight is 340 g/mol. The highest BCUT2D eigenvalue weighted by Crippen LogP contribution is 2.28. The molecule has 0 aromatic heterocycles. The van der Waals surface area contributed by atoms with E-state index in [0.717, 1.165) is 52.0 Å². The Bertz CT molecular complexity index is 364. The van der Waals surface area contributed by atoms with E-state index in [1.165, 1.54) is 12.8 Å². The molecule has 142 valence electrons. The Hall–Kier alpha value is -0.770. The molecule has 4 nitrogen and oxygen atoms in total. The fourth-order valence-corrected chi connectivity index (χ4v) is 3.34. The minimum Gasteiger partial charge on any atom is -0.325 e. The number of hydrogen-bond donors (Lipinski definition) is 1. The lowest BCUT2D eigenvalue weighted by atomic mass is 9.79. The molecule has 24 heavy (non-hydrogen) atoms. The van der Waals surface area contributed by atoms with Crippen LogP contribution in [0.25, 0.3) is 0 Å². The number of likely N-dealkylation sites (tertiary alicyclic amines) is 1. The number of nitrogens with one attached hydrogen (secondary N) is 1. The van der Waals surface area contributed by atoms with Gasteiger partial charge < -0.3 is 15.1 Å². The normalized spacial score (nSPS) is 18.3. The molecule has 2 amide bonds. The fourth-order valence-electron chi connectivity index (χ4n) is 3.34. The predicted octanol–water partition coefficient (Wildman–Crippen LogP) is 4.21. The van der Waals surface area contributed by atoms with Crippen LogP contribution >= 0.6 is 0 Å². The Morgan fingerprint density at radius 2 is 1.83 bits per heavy atom. The quantitative estimate of drug-likeness (QED) is 0.683. The summed E-state index contributed by atoms with van der Waals surface area (Å²) in [6, 6.07) is 0.266. The minimum absolute atomic E-state index is 0.115. The molecule has 1 N–H and O–H groups in total. The summed E-state index contributed by atoms with van der Waals surface area (Å²) in [5, 5.41) is 3.28. The van der Waals surface area contributed by atoms with Crippen molar-refractivity contribution in [2.45, 2.75) is 66.7 Å². The van der Waals surface area contributed by atoms with Crippen LogP contribution in [0.3, 0.4) is 0 Å². The first-order valence-corrected chi connectivity index (χ1v) is 10.00. The summed E-state index contributed by atoms with van der Waals surface area (Å²) in [5.41, 5.74) is 0.115. The van der Waals surface area contributed by atoms with E-state index in [9.17, 15) is 4.79 Å². The van der Waals surface area contributed by atoms with Crippen LogP contribution in [0.15, 0.2) is 0 Å². The third kappa shape index (κ3) is 6.62. The molecule has 1 saturated heterocycles. The Morgan fingerprint density at radius 1 is 1.21 bits per heavy atom.